The summed E-state index contributed by atoms with van der Waals surface area (Å²) in [6, 6.07) is 4.10. The van der Waals surface area contributed by atoms with Crippen LogP contribution in [0.3, 0.4) is 0 Å². The number of amides is 1. The van der Waals surface area contributed by atoms with E-state index in [2.05, 4.69) is 16.4 Å². The maximum Gasteiger partial charge on any atom is 0.224 e. The summed E-state index contributed by atoms with van der Waals surface area (Å²) in [5.74, 6) is 0.498. The van der Waals surface area contributed by atoms with Crippen molar-refractivity contribution < 1.29 is 9.90 Å². The van der Waals surface area contributed by atoms with E-state index in [9.17, 15) is 9.90 Å². The Balaban J connectivity index is 1.59. The predicted molar refractivity (Wildman–Crippen MR) is 85.2 cm³/mol. The molecule has 2 aliphatic rings. The minimum absolute atomic E-state index is 0.111. The van der Waals surface area contributed by atoms with Gasteiger partial charge in [-0.15, -0.1) is 0 Å². The van der Waals surface area contributed by atoms with Crippen molar-refractivity contribution in [2.45, 2.75) is 57.1 Å². The monoisotopic (exact) mass is 300 g/mol. The van der Waals surface area contributed by atoms with Gasteiger partial charge in [0.05, 0.1) is 6.10 Å². The van der Waals surface area contributed by atoms with Gasteiger partial charge in [-0.05, 0) is 62.1 Å². The molecule has 4 heteroatoms. The molecule has 0 aliphatic heterocycles. The fourth-order valence-electron chi connectivity index (χ4n) is 3.43. The van der Waals surface area contributed by atoms with Crippen molar-refractivity contribution >= 4 is 5.91 Å². The van der Waals surface area contributed by atoms with Gasteiger partial charge in [0.15, 0.2) is 0 Å². The van der Waals surface area contributed by atoms with Crippen molar-refractivity contribution in [3.8, 4) is 0 Å². The number of hydrogen-bond acceptors (Lipinski definition) is 3. The zero-order valence-electron chi connectivity index (χ0n) is 12.9. The summed E-state index contributed by atoms with van der Waals surface area (Å²) in [7, 11) is 0. The Labute approximate surface area is 131 Å². The first-order valence-corrected chi connectivity index (χ1v) is 8.25. The zero-order chi connectivity index (χ0) is 15.4. The van der Waals surface area contributed by atoms with Gasteiger partial charge < -0.3 is 10.4 Å². The molecule has 4 nitrogen and oxygen atoms in total. The maximum absolute atomic E-state index is 12.3. The number of hydrogen-bond donors (Lipinski definition) is 2. The molecule has 1 atom stereocenters. The van der Waals surface area contributed by atoms with Gasteiger partial charge in [-0.2, -0.15) is 0 Å². The highest BCUT2D eigenvalue weighted by Gasteiger charge is 2.34. The lowest BCUT2D eigenvalue weighted by molar-refractivity contribution is -0.122. The van der Waals surface area contributed by atoms with Gasteiger partial charge in [0.25, 0.3) is 0 Å². The Kier molecular flexibility index (Phi) is 4.88. The standard InChI is InChI=1S/C18H24N2O2/c21-16-11-15(12-16)17(9-14-5-7-19-8-6-14)20-18(22)10-13-3-1-2-4-13/h3,5-8,15-17,21H,1-2,4,9-12H2,(H,20,22)/t15?,16?,17-/m0/s1. The Morgan fingerprint density at radius 2 is 2.14 bits per heavy atom. The summed E-state index contributed by atoms with van der Waals surface area (Å²) >= 11 is 0. The molecule has 1 fully saturated rings. The first-order chi connectivity index (χ1) is 10.7. The summed E-state index contributed by atoms with van der Waals surface area (Å²) in [4.78, 5) is 16.3. The van der Waals surface area contributed by atoms with Crippen molar-refractivity contribution in [2.75, 3.05) is 0 Å². The van der Waals surface area contributed by atoms with Crippen LogP contribution >= 0.6 is 0 Å². The molecule has 0 radical (unpaired) electrons. The van der Waals surface area contributed by atoms with Crippen LogP contribution in [0.2, 0.25) is 0 Å². The average Bonchev–Trinajstić information content (AvgIpc) is 2.97. The van der Waals surface area contributed by atoms with Crippen LogP contribution in [0.5, 0.6) is 0 Å². The molecule has 1 aromatic rings. The van der Waals surface area contributed by atoms with E-state index in [0.717, 1.165) is 32.1 Å². The molecule has 0 aromatic carbocycles. The highest BCUT2D eigenvalue weighted by molar-refractivity contribution is 5.79. The Bertz CT molecular complexity index is 535. The van der Waals surface area contributed by atoms with Crippen LogP contribution in [0.25, 0.3) is 0 Å². The number of aromatic nitrogens is 1. The van der Waals surface area contributed by atoms with E-state index in [-0.39, 0.29) is 18.1 Å². The van der Waals surface area contributed by atoms with Crippen molar-refractivity contribution in [1.29, 1.82) is 0 Å². The Morgan fingerprint density at radius 1 is 1.36 bits per heavy atom. The fourth-order valence-corrected chi connectivity index (χ4v) is 3.43. The number of carbonyl (C=O) groups is 1. The van der Waals surface area contributed by atoms with E-state index in [4.69, 9.17) is 0 Å². The van der Waals surface area contributed by atoms with Crippen molar-refractivity contribution in [1.82, 2.24) is 10.3 Å². The third kappa shape index (κ3) is 3.95. The molecule has 1 saturated carbocycles. The molecule has 2 aliphatic carbocycles. The zero-order valence-corrected chi connectivity index (χ0v) is 12.9. The topological polar surface area (TPSA) is 62.2 Å². The largest absolute Gasteiger partial charge is 0.393 e. The van der Waals surface area contributed by atoms with Gasteiger partial charge >= 0.3 is 0 Å². The number of nitrogens with zero attached hydrogens (tertiary/aromatic N) is 1. The van der Waals surface area contributed by atoms with E-state index in [1.807, 2.05) is 12.1 Å². The summed E-state index contributed by atoms with van der Waals surface area (Å²) in [6.45, 7) is 0. The first-order valence-electron chi connectivity index (χ1n) is 8.25. The van der Waals surface area contributed by atoms with Gasteiger partial charge in [-0.3, -0.25) is 9.78 Å². The first kappa shape index (κ1) is 15.2. The molecule has 118 valence electrons. The molecule has 0 unspecified atom stereocenters. The molecule has 0 saturated heterocycles. The van der Waals surface area contributed by atoms with E-state index < -0.39 is 0 Å². The number of carbonyl (C=O) groups excluding carboxylic acids is 1. The van der Waals surface area contributed by atoms with Crippen molar-refractivity contribution in [3.05, 3.63) is 41.7 Å². The van der Waals surface area contributed by atoms with Crippen LogP contribution in [0.1, 0.15) is 44.1 Å². The summed E-state index contributed by atoms with van der Waals surface area (Å²) in [6.07, 6.45) is 11.8. The Hall–Kier alpha value is -1.68. The minimum atomic E-state index is -0.195. The molecule has 22 heavy (non-hydrogen) atoms. The third-order valence-corrected chi connectivity index (χ3v) is 4.79. The number of aliphatic hydroxyl groups excluding tert-OH is 1. The SMILES string of the molecule is O=C(CC1=CCCC1)N[C@@H](Cc1ccncc1)C1CC(O)C1. The molecular formula is C18H24N2O2. The molecule has 1 aromatic heterocycles. The van der Waals surface area contributed by atoms with Crippen LogP contribution in [-0.4, -0.2) is 28.1 Å². The molecule has 2 N–H and O–H groups in total. The second kappa shape index (κ2) is 7.05. The lowest BCUT2D eigenvalue weighted by atomic mass is 9.75. The van der Waals surface area contributed by atoms with Crippen LogP contribution in [0.4, 0.5) is 0 Å². The van der Waals surface area contributed by atoms with E-state index in [0.29, 0.717) is 12.3 Å². The summed E-state index contributed by atoms with van der Waals surface area (Å²) in [5.41, 5.74) is 2.45. The summed E-state index contributed by atoms with van der Waals surface area (Å²) < 4.78 is 0. The number of rotatable bonds is 6. The third-order valence-electron chi connectivity index (χ3n) is 4.79. The molecule has 1 amide bonds. The second-order valence-electron chi connectivity index (χ2n) is 6.55. The van der Waals surface area contributed by atoms with Gasteiger partial charge in [0.2, 0.25) is 5.91 Å². The maximum atomic E-state index is 12.3. The molecular weight excluding hydrogens is 276 g/mol. The quantitative estimate of drug-likeness (QED) is 0.793. The smallest absolute Gasteiger partial charge is 0.224 e. The van der Waals surface area contributed by atoms with Gasteiger partial charge in [0.1, 0.15) is 0 Å². The molecule has 0 bridgehead atoms. The molecule has 0 spiro atoms. The molecule has 3 rings (SSSR count). The highest BCUT2D eigenvalue weighted by Crippen LogP contribution is 2.32. The number of nitrogens with one attached hydrogen (secondary N) is 1. The van der Waals surface area contributed by atoms with Crippen LogP contribution in [-0.2, 0) is 11.2 Å². The fraction of sp³-hybridized carbons (Fsp3) is 0.556. The van der Waals surface area contributed by atoms with Crippen LogP contribution < -0.4 is 5.32 Å². The van der Waals surface area contributed by atoms with Gasteiger partial charge in [-0.25, -0.2) is 0 Å². The summed E-state index contributed by atoms with van der Waals surface area (Å²) in [5, 5.41) is 12.8. The van der Waals surface area contributed by atoms with Crippen LogP contribution in [0.15, 0.2) is 36.2 Å². The van der Waals surface area contributed by atoms with E-state index >= 15 is 0 Å². The molecule has 1 heterocycles. The van der Waals surface area contributed by atoms with Crippen molar-refractivity contribution in [3.63, 3.8) is 0 Å². The minimum Gasteiger partial charge on any atom is -0.393 e. The second-order valence-corrected chi connectivity index (χ2v) is 6.55. The van der Waals surface area contributed by atoms with Gasteiger partial charge in [0, 0.05) is 24.9 Å². The predicted octanol–water partition coefficient (Wildman–Crippen LogP) is 2.38. The number of aliphatic hydroxyl groups is 1. The van der Waals surface area contributed by atoms with Gasteiger partial charge in [-0.1, -0.05) is 11.6 Å². The normalized spacial score (nSPS) is 25.2. The Morgan fingerprint density at radius 3 is 2.77 bits per heavy atom. The lowest BCUT2D eigenvalue weighted by Crippen LogP contribution is -2.48. The van der Waals surface area contributed by atoms with Crippen LogP contribution in [0, 0.1) is 5.92 Å². The average molecular weight is 300 g/mol. The van der Waals surface area contributed by atoms with Crippen molar-refractivity contribution in [2.24, 2.45) is 5.92 Å². The number of pyridine rings is 1. The highest BCUT2D eigenvalue weighted by atomic mass is 16.3. The van der Waals surface area contributed by atoms with E-state index in [1.165, 1.54) is 17.6 Å². The van der Waals surface area contributed by atoms with E-state index in [1.54, 1.807) is 12.4 Å². The lowest BCUT2D eigenvalue weighted by Gasteiger charge is -2.38. The number of allylic oxidation sites excluding steroid dienone is 1.